The lowest BCUT2D eigenvalue weighted by Crippen LogP contribution is -2.03. The minimum Gasteiger partial charge on any atom is -0.465 e. The summed E-state index contributed by atoms with van der Waals surface area (Å²) in [5, 5.41) is 1.87. The van der Waals surface area contributed by atoms with Gasteiger partial charge < -0.3 is 9.72 Å². The quantitative estimate of drug-likeness (QED) is 0.830. The molecule has 0 aliphatic rings. The molecule has 2 rings (SSSR count). The van der Waals surface area contributed by atoms with Gasteiger partial charge in [0.05, 0.1) is 12.8 Å². The molecular weight excluding hydrogens is 238 g/mol. The van der Waals surface area contributed by atoms with Gasteiger partial charge in [0, 0.05) is 23.9 Å². The lowest BCUT2D eigenvalue weighted by Gasteiger charge is -2.04. The average molecular weight is 249 g/mol. The lowest BCUT2D eigenvalue weighted by atomic mass is 10.1. The predicted octanol–water partition coefficient (Wildman–Crippen LogP) is 2.20. The van der Waals surface area contributed by atoms with Crippen molar-refractivity contribution in [3.05, 3.63) is 44.4 Å². The van der Waals surface area contributed by atoms with Gasteiger partial charge in [-0.25, -0.2) is 4.79 Å². The summed E-state index contributed by atoms with van der Waals surface area (Å²) in [4.78, 5) is 26.4. The topological polar surface area (TPSA) is 59.2 Å². The first-order chi connectivity index (χ1) is 8.13. The van der Waals surface area contributed by atoms with E-state index in [1.807, 2.05) is 12.3 Å². The zero-order chi connectivity index (χ0) is 12.4. The molecule has 0 radical (unpaired) electrons. The van der Waals surface area contributed by atoms with Gasteiger partial charge in [0.25, 0.3) is 0 Å². The van der Waals surface area contributed by atoms with Crippen molar-refractivity contribution in [2.45, 2.75) is 6.92 Å². The van der Waals surface area contributed by atoms with Gasteiger partial charge in [-0.2, -0.15) is 0 Å². The Kier molecular flexibility index (Phi) is 3.10. The molecule has 0 aromatic carbocycles. The van der Waals surface area contributed by atoms with Crippen LogP contribution in [0.5, 0.6) is 0 Å². The summed E-state index contributed by atoms with van der Waals surface area (Å²) in [6, 6.07) is 2.91. The smallest absolute Gasteiger partial charge is 0.348 e. The molecule has 0 bridgehead atoms. The molecule has 17 heavy (non-hydrogen) atoms. The van der Waals surface area contributed by atoms with Crippen molar-refractivity contribution in [1.29, 1.82) is 0 Å². The van der Waals surface area contributed by atoms with Crippen LogP contribution in [0.2, 0.25) is 0 Å². The Bertz CT molecular complexity index is 612. The van der Waals surface area contributed by atoms with Crippen LogP contribution in [0.25, 0.3) is 11.3 Å². The van der Waals surface area contributed by atoms with E-state index in [2.05, 4.69) is 4.98 Å². The summed E-state index contributed by atoms with van der Waals surface area (Å²) >= 11 is 1.31. The minimum atomic E-state index is -0.386. The average Bonchev–Trinajstić information content (AvgIpc) is 2.70. The third kappa shape index (κ3) is 2.14. The zero-order valence-corrected chi connectivity index (χ0v) is 10.3. The molecule has 0 atom stereocenters. The van der Waals surface area contributed by atoms with Crippen molar-refractivity contribution in [1.82, 2.24) is 4.98 Å². The monoisotopic (exact) mass is 249 g/mol. The highest BCUT2D eigenvalue weighted by atomic mass is 32.1. The second-order valence-electron chi connectivity index (χ2n) is 3.55. The molecule has 0 saturated heterocycles. The highest BCUT2D eigenvalue weighted by molar-refractivity contribution is 7.12. The van der Waals surface area contributed by atoms with Crippen molar-refractivity contribution < 1.29 is 9.53 Å². The van der Waals surface area contributed by atoms with Crippen molar-refractivity contribution in [3.8, 4) is 11.3 Å². The van der Waals surface area contributed by atoms with Gasteiger partial charge in [-0.1, -0.05) is 0 Å². The molecule has 0 amide bonds. The molecule has 0 spiro atoms. The fourth-order valence-corrected chi connectivity index (χ4v) is 2.59. The SMILES string of the molecule is COC(=O)c1scc(C)c1-c1cc(=O)cc[nH]1. The number of carbonyl (C=O) groups excluding carboxylic acids is 1. The van der Waals surface area contributed by atoms with Crippen molar-refractivity contribution in [3.63, 3.8) is 0 Å². The van der Waals surface area contributed by atoms with Crippen LogP contribution >= 0.6 is 11.3 Å². The normalized spacial score (nSPS) is 10.2. The molecule has 4 nitrogen and oxygen atoms in total. The number of H-pyrrole nitrogens is 1. The molecule has 0 aliphatic heterocycles. The summed E-state index contributed by atoms with van der Waals surface area (Å²) in [7, 11) is 1.34. The summed E-state index contributed by atoms with van der Waals surface area (Å²) < 4.78 is 4.72. The Labute approximate surface area is 102 Å². The van der Waals surface area contributed by atoms with E-state index in [0.717, 1.165) is 11.1 Å². The number of thiophene rings is 1. The van der Waals surface area contributed by atoms with E-state index < -0.39 is 0 Å². The van der Waals surface area contributed by atoms with Crippen LogP contribution in [0.4, 0.5) is 0 Å². The van der Waals surface area contributed by atoms with E-state index in [1.165, 1.54) is 30.6 Å². The Morgan fingerprint density at radius 3 is 2.88 bits per heavy atom. The lowest BCUT2D eigenvalue weighted by molar-refractivity contribution is 0.0607. The summed E-state index contributed by atoms with van der Waals surface area (Å²) in [6.45, 7) is 1.89. The second-order valence-corrected chi connectivity index (χ2v) is 4.43. The number of aryl methyl sites for hydroxylation is 1. The third-order valence-corrected chi connectivity index (χ3v) is 3.47. The fourth-order valence-electron chi connectivity index (χ4n) is 1.61. The molecule has 2 aromatic heterocycles. The van der Waals surface area contributed by atoms with Crippen LogP contribution in [0, 0.1) is 6.92 Å². The number of esters is 1. The fraction of sp³-hybridized carbons (Fsp3) is 0.167. The van der Waals surface area contributed by atoms with Gasteiger partial charge in [0.1, 0.15) is 4.88 Å². The number of hydrogen-bond donors (Lipinski definition) is 1. The Hall–Kier alpha value is -1.88. The predicted molar refractivity (Wildman–Crippen MR) is 66.5 cm³/mol. The highest BCUT2D eigenvalue weighted by Gasteiger charge is 2.18. The molecule has 0 saturated carbocycles. The molecule has 2 heterocycles. The highest BCUT2D eigenvalue weighted by Crippen LogP contribution is 2.31. The van der Waals surface area contributed by atoms with Crippen LogP contribution in [0.3, 0.4) is 0 Å². The first kappa shape index (κ1) is 11.6. The molecule has 0 unspecified atom stereocenters. The van der Waals surface area contributed by atoms with E-state index in [0.29, 0.717) is 10.6 Å². The molecule has 0 fully saturated rings. The number of aromatic amines is 1. The second kappa shape index (κ2) is 4.55. The standard InChI is InChI=1S/C12H11NO3S/c1-7-6-17-11(12(15)16-2)10(7)9-5-8(14)3-4-13-9/h3-6H,1-2H3,(H,13,14). The number of hydrogen-bond acceptors (Lipinski definition) is 4. The van der Waals surface area contributed by atoms with Crippen molar-refractivity contribution >= 4 is 17.3 Å². The van der Waals surface area contributed by atoms with Gasteiger partial charge in [-0.05, 0) is 17.9 Å². The minimum absolute atomic E-state index is 0.0971. The van der Waals surface area contributed by atoms with Crippen LogP contribution in [-0.4, -0.2) is 18.1 Å². The molecule has 0 aliphatic carbocycles. The van der Waals surface area contributed by atoms with E-state index in [1.54, 1.807) is 6.20 Å². The van der Waals surface area contributed by atoms with E-state index in [9.17, 15) is 9.59 Å². The van der Waals surface area contributed by atoms with Crippen molar-refractivity contribution in [2.75, 3.05) is 7.11 Å². The van der Waals surface area contributed by atoms with Gasteiger partial charge in [-0.15, -0.1) is 11.3 Å². The maximum absolute atomic E-state index is 11.6. The number of carbonyl (C=O) groups is 1. The molecule has 88 valence electrons. The number of aromatic nitrogens is 1. The zero-order valence-electron chi connectivity index (χ0n) is 9.44. The van der Waals surface area contributed by atoms with Crippen LogP contribution in [0.15, 0.2) is 28.5 Å². The number of rotatable bonds is 2. The number of ether oxygens (including phenoxy) is 1. The molecule has 1 N–H and O–H groups in total. The number of methoxy groups -OCH3 is 1. The largest absolute Gasteiger partial charge is 0.465 e. The van der Waals surface area contributed by atoms with Crippen LogP contribution < -0.4 is 5.43 Å². The molecule has 5 heteroatoms. The summed E-state index contributed by atoms with van der Waals surface area (Å²) in [5.41, 5.74) is 2.22. The first-order valence-corrected chi connectivity index (χ1v) is 5.87. The van der Waals surface area contributed by atoms with Gasteiger partial charge >= 0.3 is 5.97 Å². The Morgan fingerprint density at radius 1 is 1.47 bits per heavy atom. The number of pyridine rings is 1. The summed E-state index contributed by atoms with van der Waals surface area (Å²) in [5.74, 6) is -0.386. The van der Waals surface area contributed by atoms with Crippen LogP contribution in [-0.2, 0) is 4.74 Å². The summed E-state index contributed by atoms with van der Waals surface area (Å²) in [6.07, 6.45) is 1.57. The van der Waals surface area contributed by atoms with Gasteiger partial charge in [-0.3, -0.25) is 4.79 Å². The number of nitrogens with one attached hydrogen (secondary N) is 1. The van der Waals surface area contributed by atoms with Crippen molar-refractivity contribution in [2.24, 2.45) is 0 Å². The third-order valence-electron chi connectivity index (χ3n) is 2.39. The molecule has 2 aromatic rings. The van der Waals surface area contributed by atoms with Gasteiger partial charge in [0.15, 0.2) is 5.43 Å². The van der Waals surface area contributed by atoms with E-state index in [4.69, 9.17) is 4.74 Å². The maximum Gasteiger partial charge on any atom is 0.348 e. The van der Waals surface area contributed by atoms with Crippen LogP contribution in [0.1, 0.15) is 15.2 Å². The Balaban J connectivity index is 2.62. The van der Waals surface area contributed by atoms with Gasteiger partial charge in [0.2, 0.25) is 0 Å². The first-order valence-electron chi connectivity index (χ1n) is 4.99. The Morgan fingerprint density at radius 2 is 2.24 bits per heavy atom. The maximum atomic E-state index is 11.6. The van der Waals surface area contributed by atoms with E-state index >= 15 is 0 Å². The molecular formula is C12H11NO3S. The van der Waals surface area contributed by atoms with E-state index in [-0.39, 0.29) is 11.4 Å².